The second kappa shape index (κ2) is 8.11. The molecule has 0 fully saturated rings. The van der Waals surface area contributed by atoms with E-state index in [4.69, 9.17) is 0 Å². The largest absolute Gasteiger partial charge is 0.478 e. The molecule has 0 spiro atoms. The molecule has 0 saturated carbocycles. The maximum Gasteiger partial charge on any atom is 0.335 e. The third-order valence-corrected chi connectivity index (χ3v) is 7.72. The van der Waals surface area contributed by atoms with Gasteiger partial charge in [-0.3, -0.25) is 0 Å². The van der Waals surface area contributed by atoms with Gasteiger partial charge in [0.15, 0.2) is 0 Å². The van der Waals surface area contributed by atoms with Gasteiger partial charge in [-0.25, -0.2) is 13.2 Å². The second-order valence-corrected chi connectivity index (χ2v) is 9.65. The summed E-state index contributed by atoms with van der Waals surface area (Å²) >= 11 is 0. The van der Waals surface area contributed by atoms with Gasteiger partial charge in [0.25, 0.3) is 0 Å². The maximum atomic E-state index is 13.5. The number of rotatable bonds is 3. The summed E-state index contributed by atoms with van der Waals surface area (Å²) in [4.78, 5) is 13.4. The zero-order valence-electron chi connectivity index (χ0n) is 17.6. The Morgan fingerprint density at radius 2 is 1.81 bits per heavy atom. The van der Waals surface area contributed by atoms with E-state index < -0.39 is 16.0 Å². The standard InChI is InChI=1S/C24H21N3O4S/c1-16-15-27(20-9-4-3-5-10-20)22-12-19(14-25)21(13-23(22)32(30,31)26(16)2)17-7-6-8-18(11-17)24(28)29/h3-13,16H,15H2,1-2H3,(H,28,29). The van der Waals surface area contributed by atoms with Crippen molar-refractivity contribution in [1.29, 1.82) is 5.26 Å². The van der Waals surface area contributed by atoms with E-state index >= 15 is 0 Å². The molecule has 1 aliphatic rings. The summed E-state index contributed by atoms with van der Waals surface area (Å²) in [5.74, 6) is -1.10. The third kappa shape index (κ3) is 3.62. The zero-order valence-corrected chi connectivity index (χ0v) is 18.4. The van der Waals surface area contributed by atoms with Crippen LogP contribution in [0.4, 0.5) is 11.4 Å². The van der Waals surface area contributed by atoms with Gasteiger partial charge in [0.2, 0.25) is 10.0 Å². The van der Waals surface area contributed by atoms with E-state index in [9.17, 15) is 23.6 Å². The Kier molecular flexibility index (Phi) is 5.46. The summed E-state index contributed by atoms with van der Waals surface area (Å²) < 4.78 is 28.3. The highest BCUT2D eigenvalue weighted by Crippen LogP contribution is 2.40. The van der Waals surface area contributed by atoms with Gasteiger partial charge >= 0.3 is 5.97 Å². The number of likely N-dealkylation sites (N-methyl/N-ethyl adjacent to an activating group) is 1. The average Bonchev–Trinajstić information content (AvgIpc) is 2.87. The molecule has 1 unspecified atom stereocenters. The van der Waals surface area contributed by atoms with E-state index in [1.807, 2.05) is 42.2 Å². The lowest BCUT2D eigenvalue weighted by Gasteiger charge is -2.27. The first-order chi connectivity index (χ1) is 15.2. The van der Waals surface area contributed by atoms with Gasteiger partial charge in [-0.15, -0.1) is 0 Å². The lowest BCUT2D eigenvalue weighted by atomic mass is 9.97. The molecule has 1 atom stereocenters. The summed E-state index contributed by atoms with van der Waals surface area (Å²) in [6.07, 6.45) is 0. The van der Waals surface area contributed by atoms with E-state index in [0.29, 0.717) is 23.4 Å². The number of carboxylic acids is 1. The van der Waals surface area contributed by atoms with Crippen LogP contribution in [0.3, 0.4) is 0 Å². The van der Waals surface area contributed by atoms with E-state index in [-0.39, 0.29) is 22.1 Å². The number of carbonyl (C=O) groups is 1. The zero-order chi connectivity index (χ0) is 23.0. The first-order valence-corrected chi connectivity index (χ1v) is 11.4. The van der Waals surface area contributed by atoms with Crippen LogP contribution in [0, 0.1) is 11.3 Å². The Balaban J connectivity index is 2.02. The molecule has 1 N–H and O–H groups in total. The minimum atomic E-state index is -3.86. The molecule has 3 aromatic carbocycles. The Hall–Kier alpha value is -3.67. The summed E-state index contributed by atoms with van der Waals surface area (Å²) in [5.41, 5.74) is 2.39. The minimum absolute atomic E-state index is 0.0563. The number of anilines is 2. The van der Waals surface area contributed by atoms with Crippen molar-refractivity contribution >= 4 is 27.4 Å². The molecule has 32 heavy (non-hydrogen) atoms. The Bertz CT molecular complexity index is 1350. The van der Waals surface area contributed by atoms with Crippen molar-refractivity contribution in [3.05, 3.63) is 77.9 Å². The Morgan fingerprint density at radius 1 is 1.09 bits per heavy atom. The van der Waals surface area contributed by atoms with Crippen molar-refractivity contribution in [3.8, 4) is 17.2 Å². The summed E-state index contributed by atoms with van der Waals surface area (Å²) in [5, 5.41) is 19.2. The number of nitrogens with zero attached hydrogens (tertiary/aromatic N) is 3. The molecule has 0 saturated heterocycles. The van der Waals surface area contributed by atoms with Crippen molar-refractivity contribution in [2.24, 2.45) is 0 Å². The average molecular weight is 448 g/mol. The number of hydrogen-bond donors (Lipinski definition) is 1. The quantitative estimate of drug-likeness (QED) is 0.649. The molecule has 7 nitrogen and oxygen atoms in total. The van der Waals surface area contributed by atoms with Gasteiger partial charge in [-0.05, 0) is 48.9 Å². The molecular weight excluding hydrogens is 426 g/mol. The molecule has 0 aliphatic carbocycles. The van der Waals surface area contributed by atoms with Crippen LogP contribution in [-0.2, 0) is 10.0 Å². The van der Waals surface area contributed by atoms with Gasteiger partial charge in [-0.2, -0.15) is 9.57 Å². The molecule has 1 aliphatic heterocycles. The molecule has 0 aromatic heterocycles. The number of nitriles is 1. The van der Waals surface area contributed by atoms with Crippen LogP contribution in [-0.4, -0.2) is 43.4 Å². The molecule has 3 aromatic rings. The van der Waals surface area contributed by atoms with Crippen LogP contribution in [0.15, 0.2) is 71.6 Å². The van der Waals surface area contributed by atoms with Crippen molar-refractivity contribution in [3.63, 3.8) is 0 Å². The number of hydrogen-bond acceptors (Lipinski definition) is 5. The van der Waals surface area contributed by atoms with Crippen LogP contribution >= 0.6 is 0 Å². The normalized spacial score (nSPS) is 17.8. The number of aromatic carboxylic acids is 1. The second-order valence-electron chi connectivity index (χ2n) is 7.68. The van der Waals surface area contributed by atoms with Crippen LogP contribution in [0.5, 0.6) is 0 Å². The molecule has 0 amide bonds. The fraction of sp³-hybridized carbons (Fsp3) is 0.167. The molecular formula is C24H21N3O4S. The van der Waals surface area contributed by atoms with Crippen LogP contribution in [0.25, 0.3) is 11.1 Å². The highest BCUT2D eigenvalue weighted by molar-refractivity contribution is 7.89. The van der Waals surface area contributed by atoms with Gasteiger partial charge in [0.1, 0.15) is 4.90 Å². The van der Waals surface area contributed by atoms with Crippen molar-refractivity contribution in [2.45, 2.75) is 17.9 Å². The number of benzene rings is 3. The summed E-state index contributed by atoms with van der Waals surface area (Å²) in [7, 11) is -2.32. The smallest absolute Gasteiger partial charge is 0.335 e. The fourth-order valence-electron chi connectivity index (χ4n) is 3.86. The lowest BCUT2D eigenvalue weighted by molar-refractivity contribution is 0.0697. The highest BCUT2D eigenvalue weighted by Gasteiger charge is 2.36. The predicted octanol–water partition coefficient (Wildman–Crippen LogP) is 4.08. The van der Waals surface area contributed by atoms with Crippen LogP contribution in [0.1, 0.15) is 22.8 Å². The number of para-hydroxylation sites is 1. The molecule has 162 valence electrons. The number of fused-ring (bicyclic) bond motifs is 1. The van der Waals surface area contributed by atoms with E-state index in [1.165, 1.54) is 22.5 Å². The van der Waals surface area contributed by atoms with E-state index in [1.54, 1.807) is 25.2 Å². The number of carboxylic acid groups (broad SMARTS) is 1. The van der Waals surface area contributed by atoms with Gasteiger partial charge < -0.3 is 10.0 Å². The predicted molar refractivity (Wildman–Crippen MR) is 121 cm³/mol. The highest BCUT2D eigenvalue weighted by atomic mass is 32.2. The minimum Gasteiger partial charge on any atom is -0.478 e. The third-order valence-electron chi connectivity index (χ3n) is 5.72. The summed E-state index contributed by atoms with van der Waals surface area (Å²) in [6.45, 7) is 2.24. The Labute approximate surface area is 186 Å². The fourth-order valence-corrected chi connectivity index (χ4v) is 5.41. The van der Waals surface area contributed by atoms with Gasteiger partial charge in [0, 0.05) is 30.9 Å². The van der Waals surface area contributed by atoms with Crippen molar-refractivity contribution in [1.82, 2.24) is 4.31 Å². The van der Waals surface area contributed by atoms with Crippen LogP contribution < -0.4 is 4.90 Å². The summed E-state index contributed by atoms with van der Waals surface area (Å²) in [6, 6.07) is 20.4. The molecule has 4 rings (SSSR count). The topological polar surface area (TPSA) is 102 Å². The first kappa shape index (κ1) is 21.6. The van der Waals surface area contributed by atoms with Gasteiger partial charge in [0.05, 0.1) is 22.9 Å². The maximum absolute atomic E-state index is 13.5. The molecule has 0 radical (unpaired) electrons. The monoisotopic (exact) mass is 447 g/mol. The SMILES string of the molecule is CC1CN(c2ccccc2)c2cc(C#N)c(-c3cccc(C(=O)O)c3)cc2S(=O)(=O)N1C. The molecule has 8 heteroatoms. The first-order valence-electron chi connectivity index (χ1n) is 9.96. The Morgan fingerprint density at radius 3 is 2.47 bits per heavy atom. The lowest BCUT2D eigenvalue weighted by Crippen LogP contribution is -2.38. The van der Waals surface area contributed by atoms with Crippen molar-refractivity contribution in [2.75, 3.05) is 18.5 Å². The van der Waals surface area contributed by atoms with Crippen molar-refractivity contribution < 1.29 is 18.3 Å². The van der Waals surface area contributed by atoms with Gasteiger partial charge in [-0.1, -0.05) is 30.3 Å². The molecule has 1 heterocycles. The molecule has 0 bridgehead atoms. The number of sulfonamides is 1. The van der Waals surface area contributed by atoms with E-state index in [0.717, 1.165) is 5.69 Å². The van der Waals surface area contributed by atoms with E-state index in [2.05, 4.69) is 6.07 Å². The van der Waals surface area contributed by atoms with Crippen LogP contribution in [0.2, 0.25) is 0 Å².